The maximum atomic E-state index is 3.91. The van der Waals surface area contributed by atoms with Crippen LogP contribution in [0.3, 0.4) is 0 Å². The third-order valence-electron chi connectivity index (χ3n) is 6.32. The van der Waals surface area contributed by atoms with Crippen molar-refractivity contribution < 1.29 is 0 Å². The molecule has 3 rings (SSSR count). The summed E-state index contributed by atoms with van der Waals surface area (Å²) in [5, 5.41) is 3.91. The molecule has 4 unspecified atom stereocenters. The fourth-order valence-corrected chi connectivity index (χ4v) is 5.00. The van der Waals surface area contributed by atoms with E-state index in [0.29, 0.717) is 0 Å². The fraction of sp³-hybridized carbons (Fsp3) is 1.00. The van der Waals surface area contributed by atoms with Gasteiger partial charge in [-0.15, -0.1) is 0 Å². The molecule has 0 spiro atoms. The average Bonchev–Trinajstić information content (AvgIpc) is 2.94. The van der Waals surface area contributed by atoms with Crippen LogP contribution in [0.4, 0.5) is 0 Å². The summed E-state index contributed by atoms with van der Waals surface area (Å²) in [5.41, 5.74) is 0. The van der Waals surface area contributed by atoms with Crippen LogP contribution in [0.1, 0.15) is 71.6 Å². The van der Waals surface area contributed by atoms with Crippen LogP contribution in [-0.2, 0) is 0 Å². The van der Waals surface area contributed by atoms with Crippen LogP contribution in [-0.4, -0.2) is 36.1 Å². The van der Waals surface area contributed by atoms with Crippen molar-refractivity contribution in [1.29, 1.82) is 0 Å². The van der Waals surface area contributed by atoms with Gasteiger partial charge in [-0.05, 0) is 50.4 Å². The Kier molecular flexibility index (Phi) is 5.04. The zero-order valence-electron chi connectivity index (χ0n) is 13.6. The minimum atomic E-state index is 0.786. The van der Waals surface area contributed by atoms with Crippen LogP contribution in [0.5, 0.6) is 0 Å². The van der Waals surface area contributed by atoms with E-state index in [1.165, 1.54) is 70.9 Å². The van der Waals surface area contributed by atoms with E-state index in [1.807, 2.05) is 0 Å². The van der Waals surface area contributed by atoms with Crippen LogP contribution in [0, 0.1) is 11.8 Å². The van der Waals surface area contributed by atoms with E-state index in [4.69, 9.17) is 0 Å². The molecule has 0 aromatic rings. The number of nitrogens with one attached hydrogen (secondary N) is 1. The smallest absolute Gasteiger partial charge is 0.0224 e. The lowest BCUT2D eigenvalue weighted by molar-refractivity contribution is 0.0566. The van der Waals surface area contributed by atoms with E-state index in [2.05, 4.69) is 24.1 Å². The highest BCUT2D eigenvalue weighted by molar-refractivity contribution is 4.94. The Balaban J connectivity index is 1.62. The molecule has 0 bridgehead atoms. The molecule has 0 amide bonds. The Labute approximate surface area is 125 Å². The molecule has 20 heavy (non-hydrogen) atoms. The first kappa shape index (κ1) is 14.8. The Morgan fingerprint density at radius 1 is 1.05 bits per heavy atom. The predicted molar refractivity (Wildman–Crippen MR) is 86.0 cm³/mol. The van der Waals surface area contributed by atoms with E-state index >= 15 is 0 Å². The van der Waals surface area contributed by atoms with Gasteiger partial charge in [0.2, 0.25) is 0 Å². The molecular formula is C18H34N2. The standard InChI is InChI=1S/C18H34N2/c1-3-16-12-19-18(15-7-5-4-6-8-15)13-20(16)17-10-9-14(2)11-17/h14-19H,3-13H2,1-2H3. The van der Waals surface area contributed by atoms with Gasteiger partial charge < -0.3 is 5.32 Å². The van der Waals surface area contributed by atoms with Crippen LogP contribution >= 0.6 is 0 Å². The minimum Gasteiger partial charge on any atom is -0.311 e. The SMILES string of the molecule is CCC1CNC(C2CCCCC2)CN1C1CCC(C)C1. The van der Waals surface area contributed by atoms with Crippen molar-refractivity contribution in [2.45, 2.75) is 89.8 Å². The maximum Gasteiger partial charge on any atom is 0.0224 e. The summed E-state index contributed by atoms with van der Waals surface area (Å²) in [5.74, 6) is 1.92. The summed E-state index contributed by atoms with van der Waals surface area (Å²) in [6.45, 7) is 7.39. The molecule has 0 aromatic heterocycles. The number of hydrogen-bond acceptors (Lipinski definition) is 2. The van der Waals surface area contributed by atoms with Crippen LogP contribution in [0.2, 0.25) is 0 Å². The summed E-state index contributed by atoms with van der Waals surface area (Å²) >= 11 is 0. The monoisotopic (exact) mass is 278 g/mol. The molecule has 1 aliphatic heterocycles. The lowest BCUT2D eigenvalue weighted by atomic mass is 9.82. The second kappa shape index (κ2) is 6.79. The van der Waals surface area contributed by atoms with Gasteiger partial charge >= 0.3 is 0 Å². The van der Waals surface area contributed by atoms with Gasteiger partial charge in [-0.1, -0.05) is 33.1 Å². The quantitative estimate of drug-likeness (QED) is 0.844. The molecule has 0 radical (unpaired) electrons. The number of hydrogen-bond donors (Lipinski definition) is 1. The highest BCUT2D eigenvalue weighted by atomic mass is 15.3. The Hall–Kier alpha value is -0.0800. The minimum absolute atomic E-state index is 0.786. The number of piperazine rings is 1. The molecular weight excluding hydrogens is 244 g/mol. The Bertz CT molecular complexity index is 298. The van der Waals surface area contributed by atoms with Crippen molar-refractivity contribution in [2.75, 3.05) is 13.1 Å². The molecule has 1 saturated heterocycles. The first-order chi connectivity index (χ1) is 9.78. The highest BCUT2D eigenvalue weighted by Gasteiger charge is 2.37. The lowest BCUT2D eigenvalue weighted by Gasteiger charge is -2.46. The first-order valence-corrected chi connectivity index (χ1v) is 9.27. The molecule has 2 aliphatic carbocycles. The van der Waals surface area contributed by atoms with Gasteiger partial charge in [0.15, 0.2) is 0 Å². The normalized spacial score (nSPS) is 41.1. The average molecular weight is 278 g/mol. The van der Waals surface area contributed by atoms with Crippen LogP contribution in [0.25, 0.3) is 0 Å². The third-order valence-corrected chi connectivity index (χ3v) is 6.32. The molecule has 2 heteroatoms. The molecule has 0 aromatic carbocycles. The molecule has 2 saturated carbocycles. The van der Waals surface area contributed by atoms with E-state index in [0.717, 1.165) is 30.0 Å². The van der Waals surface area contributed by atoms with Gasteiger partial charge in [-0.25, -0.2) is 0 Å². The van der Waals surface area contributed by atoms with Gasteiger partial charge in [0.25, 0.3) is 0 Å². The van der Waals surface area contributed by atoms with E-state index < -0.39 is 0 Å². The largest absolute Gasteiger partial charge is 0.311 e. The van der Waals surface area contributed by atoms with Crippen molar-refractivity contribution in [2.24, 2.45) is 11.8 Å². The van der Waals surface area contributed by atoms with Crippen molar-refractivity contribution >= 4 is 0 Å². The van der Waals surface area contributed by atoms with Gasteiger partial charge in [-0.3, -0.25) is 4.90 Å². The molecule has 1 N–H and O–H groups in total. The summed E-state index contributed by atoms with van der Waals surface area (Å²) < 4.78 is 0. The first-order valence-electron chi connectivity index (χ1n) is 9.27. The van der Waals surface area contributed by atoms with E-state index in [1.54, 1.807) is 0 Å². The predicted octanol–water partition coefficient (Wildman–Crippen LogP) is 3.81. The lowest BCUT2D eigenvalue weighted by Crippen LogP contribution is -2.61. The molecule has 3 fully saturated rings. The summed E-state index contributed by atoms with van der Waals surface area (Å²) in [4.78, 5) is 2.92. The summed E-state index contributed by atoms with van der Waals surface area (Å²) in [6, 6.07) is 2.47. The maximum absolute atomic E-state index is 3.91. The Morgan fingerprint density at radius 2 is 1.85 bits per heavy atom. The van der Waals surface area contributed by atoms with E-state index in [-0.39, 0.29) is 0 Å². The summed E-state index contributed by atoms with van der Waals surface area (Å²) in [6.07, 6.45) is 13.1. The van der Waals surface area contributed by atoms with Crippen molar-refractivity contribution in [3.8, 4) is 0 Å². The van der Waals surface area contributed by atoms with Crippen molar-refractivity contribution in [1.82, 2.24) is 10.2 Å². The topological polar surface area (TPSA) is 15.3 Å². The van der Waals surface area contributed by atoms with Crippen molar-refractivity contribution in [3.63, 3.8) is 0 Å². The van der Waals surface area contributed by atoms with E-state index in [9.17, 15) is 0 Å². The Morgan fingerprint density at radius 3 is 2.50 bits per heavy atom. The summed E-state index contributed by atoms with van der Waals surface area (Å²) in [7, 11) is 0. The molecule has 116 valence electrons. The highest BCUT2D eigenvalue weighted by Crippen LogP contribution is 2.34. The molecule has 4 atom stereocenters. The molecule has 1 heterocycles. The second-order valence-electron chi connectivity index (χ2n) is 7.74. The third kappa shape index (κ3) is 3.22. The number of rotatable bonds is 3. The van der Waals surface area contributed by atoms with Gasteiger partial charge in [0.05, 0.1) is 0 Å². The second-order valence-corrected chi connectivity index (χ2v) is 7.74. The fourth-order valence-electron chi connectivity index (χ4n) is 5.00. The van der Waals surface area contributed by atoms with Crippen molar-refractivity contribution in [3.05, 3.63) is 0 Å². The van der Waals surface area contributed by atoms with Gasteiger partial charge in [0.1, 0.15) is 0 Å². The van der Waals surface area contributed by atoms with Crippen LogP contribution < -0.4 is 5.32 Å². The van der Waals surface area contributed by atoms with Crippen LogP contribution in [0.15, 0.2) is 0 Å². The van der Waals surface area contributed by atoms with Gasteiger partial charge in [0, 0.05) is 31.2 Å². The van der Waals surface area contributed by atoms with Gasteiger partial charge in [-0.2, -0.15) is 0 Å². The molecule has 2 nitrogen and oxygen atoms in total. The molecule has 3 aliphatic rings. The number of nitrogens with zero attached hydrogens (tertiary/aromatic N) is 1. The zero-order valence-corrected chi connectivity index (χ0v) is 13.6. The zero-order chi connectivity index (χ0) is 13.9.